The summed E-state index contributed by atoms with van der Waals surface area (Å²) in [4.78, 5) is 23.9. The standard InChI is InChI=1S/C27H23FN2O6S/c1-30(37(33,34)25-14-9-19-5-2-3-6-20(19)15-25)23-10-12-24(13-11-23)35-18-27(32)36-17-26(31)29-22-8-4-7-21(28)16-22/h2-16H,17-18H2,1H3,(H,29,31). The van der Waals surface area contributed by atoms with Gasteiger partial charge in [-0.05, 0) is 65.4 Å². The summed E-state index contributed by atoms with van der Waals surface area (Å²) in [6, 6.07) is 23.9. The van der Waals surface area contributed by atoms with Crippen molar-refractivity contribution in [2.45, 2.75) is 4.90 Å². The summed E-state index contributed by atoms with van der Waals surface area (Å²) in [7, 11) is -2.35. The number of hydrogen-bond donors (Lipinski definition) is 1. The van der Waals surface area contributed by atoms with Crippen molar-refractivity contribution >= 4 is 44.0 Å². The van der Waals surface area contributed by atoms with E-state index in [9.17, 15) is 22.4 Å². The molecule has 0 unspecified atom stereocenters. The molecule has 0 heterocycles. The molecule has 0 aromatic heterocycles. The van der Waals surface area contributed by atoms with Gasteiger partial charge in [-0.1, -0.05) is 36.4 Å². The van der Waals surface area contributed by atoms with E-state index in [4.69, 9.17) is 9.47 Å². The maximum atomic E-state index is 13.2. The normalized spacial score (nSPS) is 11.1. The van der Waals surface area contributed by atoms with E-state index >= 15 is 0 Å². The van der Waals surface area contributed by atoms with Gasteiger partial charge in [0.2, 0.25) is 0 Å². The summed E-state index contributed by atoms with van der Waals surface area (Å²) < 4.78 is 50.8. The number of halogens is 1. The number of amides is 1. The second-order valence-electron chi connectivity index (χ2n) is 7.98. The van der Waals surface area contributed by atoms with Crippen molar-refractivity contribution < 1.29 is 31.9 Å². The Morgan fingerprint density at radius 3 is 2.32 bits per heavy atom. The molecule has 1 N–H and O–H groups in total. The topological polar surface area (TPSA) is 102 Å². The van der Waals surface area contributed by atoms with Crippen molar-refractivity contribution in [3.8, 4) is 5.75 Å². The van der Waals surface area contributed by atoms with Gasteiger partial charge in [0, 0.05) is 12.7 Å². The van der Waals surface area contributed by atoms with Gasteiger partial charge in [-0.25, -0.2) is 17.6 Å². The van der Waals surface area contributed by atoms with Gasteiger partial charge in [0.1, 0.15) is 11.6 Å². The quantitative estimate of drug-likeness (QED) is 0.328. The van der Waals surface area contributed by atoms with E-state index in [0.717, 1.165) is 21.1 Å². The highest BCUT2D eigenvalue weighted by Crippen LogP contribution is 2.26. The molecule has 0 aliphatic carbocycles. The molecule has 10 heteroatoms. The molecule has 0 saturated carbocycles. The van der Waals surface area contributed by atoms with Gasteiger partial charge in [0.05, 0.1) is 10.6 Å². The highest BCUT2D eigenvalue weighted by molar-refractivity contribution is 7.92. The lowest BCUT2D eigenvalue weighted by Gasteiger charge is -2.20. The molecule has 0 radical (unpaired) electrons. The van der Waals surface area contributed by atoms with Gasteiger partial charge >= 0.3 is 5.97 Å². The lowest BCUT2D eigenvalue weighted by Crippen LogP contribution is -2.26. The fourth-order valence-electron chi connectivity index (χ4n) is 3.47. The summed E-state index contributed by atoms with van der Waals surface area (Å²) in [5.74, 6) is -1.61. The molecule has 4 aromatic carbocycles. The van der Waals surface area contributed by atoms with Crippen LogP contribution < -0.4 is 14.4 Å². The van der Waals surface area contributed by atoms with Crippen molar-refractivity contribution in [2.75, 3.05) is 29.9 Å². The molecule has 0 aliphatic heterocycles. The maximum absolute atomic E-state index is 13.2. The predicted octanol–water partition coefficient (Wildman–Crippen LogP) is 4.36. The third-order valence-corrected chi connectivity index (χ3v) is 7.19. The Morgan fingerprint density at radius 2 is 1.59 bits per heavy atom. The first kappa shape index (κ1) is 25.6. The number of hydrogen-bond acceptors (Lipinski definition) is 6. The van der Waals surface area contributed by atoms with E-state index in [1.807, 2.05) is 24.3 Å². The van der Waals surface area contributed by atoms with E-state index in [1.165, 1.54) is 37.4 Å². The molecule has 0 fully saturated rings. The number of sulfonamides is 1. The Morgan fingerprint density at radius 1 is 0.865 bits per heavy atom. The largest absolute Gasteiger partial charge is 0.482 e. The third kappa shape index (κ3) is 6.42. The van der Waals surface area contributed by atoms with Crippen molar-refractivity contribution in [2.24, 2.45) is 0 Å². The van der Waals surface area contributed by atoms with E-state index in [2.05, 4.69) is 5.32 Å². The monoisotopic (exact) mass is 522 g/mol. The fraction of sp³-hybridized carbons (Fsp3) is 0.111. The van der Waals surface area contributed by atoms with Crippen LogP contribution in [0.4, 0.5) is 15.8 Å². The molecular weight excluding hydrogens is 499 g/mol. The number of benzene rings is 4. The van der Waals surface area contributed by atoms with Crippen LogP contribution in [0.3, 0.4) is 0 Å². The Hall–Kier alpha value is -4.44. The number of esters is 1. The molecule has 0 spiro atoms. The van der Waals surface area contributed by atoms with E-state index in [-0.39, 0.29) is 10.6 Å². The molecule has 0 aliphatic rings. The molecule has 0 atom stereocenters. The first-order valence-corrected chi connectivity index (χ1v) is 12.6. The highest BCUT2D eigenvalue weighted by Gasteiger charge is 2.21. The highest BCUT2D eigenvalue weighted by atomic mass is 32.2. The third-order valence-electron chi connectivity index (χ3n) is 5.41. The van der Waals surface area contributed by atoms with Crippen LogP contribution in [0.1, 0.15) is 0 Å². The number of rotatable bonds is 9. The van der Waals surface area contributed by atoms with Crippen LogP contribution in [0.15, 0.2) is 95.9 Å². The van der Waals surface area contributed by atoms with Gasteiger partial charge in [0.15, 0.2) is 13.2 Å². The Kier molecular flexibility index (Phi) is 7.69. The van der Waals surface area contributed by atoms with Crippen molar-refractivity contribution in [1.29, 1.82) is 0 Å². The molecule has 37 heavy (non-hydrogen) atoms. The zero-order valence-corrected chi connectivity index (χ0v) is 20.6. The Bertz CT molecular complexity index is 1540. The SMILES string of the molecule is CN(c1ccc(OCC(=O)OCC(=O)Nc2cccc(F)c2)cc1)S(=O)(=O)c1ccc2ccccc2c1. The first-order valence-electron chi connectivity index (χ1n) is 11.1. The average molecular weight is 523 g/mol. The number of nitrogens with one attached hydrogen (secondary N) is 1. The van der Waals surface area contributed by atoms with Gasteiger partial charge in [-0.2, -0.15) is 0 Å². The van der Waals surface area contributed by atoms with Gasteiger partial charge in [0.25, 0.3) is 15.9 Å². The zero-order chi connectivity index (χ0) is 26.4. The van der Waals surface area contributed by atoms with Crippen molar-refractivity contribution in [3.05, 3.63) is 96.8 Å². The van der Waals surface area contributed by atoms with Crippen LogP contribution >= 0.6 is 0 Å². The minimum absolute atomic E-state index is 0.165. The van der Waals surface area contributed by atoms with E-state index < -0.39 is 40.9 Å². The fourth-order valence-corrected chi connectivity index (χ4v) is 4.70. The zero-order valence-electron chi connectivity index (χ0n) is 19.8. The molecule has 8 nitrogen and oxygen atoms in total. The second-order valence-corrected chi connectivity index (χ2v) is 9.95. The smallest absolute Gasteiger partial charge is 0.344 e. The van der Waals surface area contributed by atoms with Crippen LogP contribution in [0.5, 0.6) is 5.75 Å². The number of ether oxygens (including phenoxy) is 2. The van der Waals surface area contributed by atoms with E-state index in [0.29, 0.717) is 11.4 Å². The van der Waals surface area contributed by atoms with Crippen LogP contribution in [0, 0.1) is 5.82 Å². The van der Waals surface area contributed by atoms with E-state index in [1.54, 1.807) is 30.3 Å². The predicted molar refractivity (Wildman–Crippen MR) is 137 cm³/mol. The number of carbonyl (C=O) groups is 2. The molecular formula is C27H23FN2O6S. The maximum Gasteiger partial charge on any atom is 0.344 e. The Balaban J connectivity index is 1.30. The van der Waals surface area contributed by atoms with Gasteiger partial charge < -0.3 is 14.8 Å². The Labute approximate surface area is 213 Å². The average Bonchev–Trinajstić information content (AvgIpc) is 2.90. The van der Waals surface area contributed by atoms with Gasteiger partial charge in [-0.15, -0.1) is 0 Å². The second kappa shape index (κ2) is 11.1. The van der Waals surface area contributed by atoms with Crippen LogP contribution in [0.2, 0.25) is 0 Å². The number of nitrogens with zero attached hydrogens (tertiary/aromatic N) is 1. The lowest BCUT2D eigenvalue weighted by molar-refractivity contribution is -0.149. The van der Waals surface area contributed by atoms with Crippen LogP contribution in [-0.4, -0.2) is 40.6 Å². The molecule has 0 bridgehead atoms. The van der Waals surface area contributed by atoms with Crippen LogP contribution in [0.25, 0.3) is 10.8 Å². The van der Waals surface area contributed by atoms with Crippen molar-refractivity contribution in [1.82, 2.24) is 0 Å². The molecule has 190 valence electrons. The number of anilines is 2. The number of fused-ring (bicyclic) bond motifs is 1. The minimum Gasteiger partial charge on any atom is -0.482 e. The number of carbonyl (C=O) groups excluding carboxylic acids is 2. The summed E-state index contributed by atoms with van der Waals surface area (Å²) in [5, 5.41) is 4.17. The molecule has 1 amide bonds. The first-order chi connectivity index (χ1) is 17.7. The van der Waals surface area contributed by atoms with Crippen LogP contribution in [-0.2, 0) is 24.3 Å². The summed E-state index contributed by atoms with van der Waals surface area (Å²) in [5.41, 5.74) is 0.641. The molecule has 4 aromatic rings. The summed E-state index contributed by atoms with van der Waals surface area (Å²) in [6.07, 6.45) is 0. The minimum atomic E-state index is -3.80. The van der Waals surface area contributed by atoms with Crippen molar-refractivity contribution in [3.63, 3.8) is 0 Å². The molecule has 4 rings (SSSR count). The summed E-state index contributed by atoms with van der Waals surface area (Å²) in [6.45, 7) is -1.02. The summed E-state index contributed by atoms with van der Waals surface area (Å²) >= 11 is 0. The van der Waals surface area contributed by atoms with Gasteiger partial charge in [-0.3, -0.25) is 9.10 Å². The molecule has 0 saturated heterocycles. The lowest BCUT2D eigenvalue weighted by atomic mass is 10.1.